The molecule has 4 heterocycles. The Morgan fingerprint density at radius 3 is 2.76 bits per heavy atom. The maximum atomic E-state index is 12.6. The van der Waals surface area contributed by atoms with Crippen molar-refractivity contribution in [1.82, 2.24) is 14.5 Å². The van der Waals surface area contributed by atoms with E-state index in [0.29, 0.717) is 25.3 Å². The number of ether oxygens (including phenoxy) is 1. The number of carbonyl (C=O) groups excluding carboxylic acids is 1. The standard InChI is InChI=1S/C17H20BrN3O3S/c1-20-9-6-19-15(20)17(23)10-16(24-11-17)4-7-21(8-5-16)14(22)12-2-3-13(18)25-12/h2-3,6,9,23H,4-5,7-8,10-11H2,1H3/t17-/m0/s1. The monoisotopic (exact) mass is 425 g/mol. The van der Waals surface area contributed by atoms with Crippen molar-refractivity contribution in [2.24, 2.45) is 7.05 Å². The van der Waals surface area contributed by atoms with Crippen LogP contribution in [0.25, 0.3) is 0 Å². The number of aliphatic hydroxyl groups is 1. The minimum atomic E-state index is -1.05. The molecular formula is C17H20BrN3O3S. The number of piperidine rings is 1. The highest BCUT2D eigenvalue weighted by molar-refractivity contribution is 9.11. The third-order valence-corrected chi connectivity index (χ3v) is 6.83. The van der Waals surface area contributed by atoms with Crippen LogP contribution in [0.2, 0.25) is 0 Å². The van der Waals surface area contributed by atoms with Crippen molar-refractivity contribution >= 4 is 33.2 Å². The first-order valence-electron chi connectivity index (χ1n) is 8.30. The first-order valence-corrected chi connectivity index (χ1v) is 9.91. The normalized spacial score (nSPS) is 25.6. The molecule has 0 saturated carbocycles. The summed E-state index contributed by atoms with van der Waals surface area (Å²) in [4.78, 5) is 19.5. The van der Waals surface area contributed by atoms with E-state index < -0.39 is 5.60 Å². The summed E-state index contributed by atoms with van der Waals surface area (Å²) in [5.74, 6) is 0.717. The number of amides is 1. The summed E-state index contributed by atoms with van der Waals surface area (Å²) in [5.41, 5.74) is -1.42. The molecule has 25 heavy (non-hydrogen) atoms. The summed E-state index contributed by atoms with van der Waals surface area (Å²) in [5, 5.41) is 11.0. The molecule has 2 fully saturated rings. The summed E-state index contributed by atoms with van der Waals surface area (Å²) in [7, 11) is 1.88. The lowest BCUT2D eigenvalue weighted by Crippen LogP contribution is -2.47. The first kappa shape index (κ1) is 17.2. The molecular weight excluding hydrogens is 406 g/mol. The Morgan fingerprint density at radius 1 is 1.40 bits per heavy atom. The zero-order valence-corrected chi connectivity index (χ0v) is 16.3. The molecule has 2 aromatic rings. The minimum Gasteiger partial charge on any atom is -0.379 e. The van der Waals surface area contributed by atoms with E-state index >= 15 is 0 Å². The second-order valence-corrected chi connectivity index (χ2v) is 9.40. The van der Waals surface area contributed by atoms with Crippen LogP contribution in [0.15, 0.2) is 28.3 Å². The van der Waals surface area contributed by atoms with Gasteiger partial charge in [0.05, 0.1) is 20.9 Å². The Labute approximate surface area is 158 Å². The van der Waals surface area contributed by atoms with Crippen LogP contribution < -0.4 is 0 Å². The summed E-state index contributed by atoms with van der Waals surface area (Å²) in [6.07, 6.45) is 5.52. The molecule has 4 rings (SSSR count). The lowest BCUT2D eigenvalue weighted by Gasteiger charge is -2.38. The Hall–Kier alpha value is -1.22. The summed E-state index contributed by atoms with van der Waals surface area (Å²) in [6, 6.07) is 3.75. The minimum absolute atomic E-state index is 0.0721. The van der Waals surface area contributed by atoms with Gasteiger partial charge in [0.2, 0.25) is 0 Å². The van der Waals surface area contributed by atoms with Crippen molar-refractivity contribution in [2.45, 2.75) is 30.5 Å². The van der Waals surface area contributed by atoms with Crippen LogP contribution in [0, 0.1) is 0 Å². The SMILES string of the molecule is Cn1ccnc1[C@@]1(O)COC2(CCN(C(=O)c3ccc(Br)s3)CC2)C1. The van der Waals surface area contributed by atoms with Gasteiger partial charge in [-0.25, -0.2) is 4.98 Å². The van der Waals surface area contributed by atoms with Gasteiger partial charge in [-0.3, -0.25) is 4.79 Å². The number of thiophene rings is 1. The maximum absolute atomic E-state index is 12.6. The summed E-state index contributed by atoms with van der Waals surface area (Å²) < 4.78 is 8.87. The second kappa shape index (κ2) is 6.19. The molecule has 2 saturated heterocycles. The van der Waals surface area contributed by atoms with E-state index in [1.165, 1.54) is 11.3 Å². The van der Waals surface area contributed by atoms with E-state index in [1.54, 1.807) is 6.20 Å². The molecule has 6 nitrogen and oxygen atoms in total. The molecule has 0 aliphatic carbocycles. The van der Waals surface area contributed by atoms with Crippen molar-refractivity contribution in [2.75, 3.05) is 19.7 Å². The zero-order valence-electron chi connectivity index (χ0n) is 13.9. The van der Waals surface area contributed by atoms with Crippen LogP contribution in [-0.2, 0) is 17.4 Å². The maximum Gasteiger partial charge on any atom is 0.263 e. The average molecular weight is 426 g/mol. The van der Waals surface area contributed by atoms with Gasteiger partial charge >= 0.3 is 0 Å². The molecule has 1 N–H and O–H groups in total. The van der Waals surface area contributed by atoms with Crippen LogP contribution in [0.4, 0.5) is 0 Å². The number of hydrogen-bond acceptors (Lipinski definition) is 5. The van der Waals surface area contributed by atoms with E-state index in [1.807, 2.05) is 34.8 Å². The van der Waals surface area contributed by atoms with Crippen LogP contribution in [0.5, 0.6) is 0 Å². The summed E-state index contributed by atoms with van der Waals surface area (Å²) >= 11 is 4.86. The van der Waals surface area contributed by atoms with Crippen molar-refractivity contribution in [3.8, 4) is 0 Å². The van der Waals surface area contributed by atoms with E-state index in [0.717, 1.165) is 21.5 Å². The third-order valence-electron chi connectivity index (χ3n) is 5.22. The molecule has 2 aromatic heterocycles. The predicted molar refractivity (Wildman–Crippen MR) is 97.6 cm³/mol. The van der Waals surface area contributed by atoms with E-state index in [2.05, 4.69) is 20.9 Å². The molecule has 0 aromatic carbocycles. The first-order chi connectivity index (χ1) is 11.9. The number of hydrogen-bond donors (Lipinski definition) is 1. The van der Waals surface area contributed by atoms with E-state index in [-0.39, 0.29) is 18.1 Å². The highest BCUT2D eigenvalue weighted by Crippen LogP contribution is 2.45. The molecule has 0 bridgehead atoms. The number of rotatable bonds is 2. The number of imidazole rings is 1. The van der Waals surface area contributed by atoms with E-state index in [4.69, 9.17) is 4.74 Å². The Balaban J connectivity index is 1.44. The van der Waals surface area contributed by atoms with Gasteiger partial charge in [-0.2, -0.15) is 0 Å². The lowest BCUT2D eigenvalue weighted by molar-refractivity contribution is -0.0437. The fraction of sp³-hybridized carbons (Fsp3) is 0.529. The highest BCUT2D eigenvalue weighted by Gasteiger charge is 2.52. The van der Waals surface area contributed by atoms with Crippen molar-refractivity contribution in [1.29, 1.82) is 0 Å². The van der Waals surface area contributed by atoms with Crippen molar-refractivity contribution < 1.29 is 14.6 Å². The van der Waals surface area contributed by atoms with E-state index in [9.17, 15) is 9.90 Å². The number of nitrogens with zero attached hydrogens (tertiary/aromatic N) is 3. The molecule has 1 spiro atoms. The van der Waals surface area contributed by atoms with Crippen LogP contribution in [0.1, 0.15) is 34.8 Å². The molecule has 0 unspecified atom stereocenters. The number of aromatic nitrogens is 2. The van der Waals surface area contributed by atoms with Gasteiger partial charge < -0.3 is 19.3 Å². The zero-order chi connectivity index (χ0) is 17.7. The van der Waals surface area contributed by atoms with Gasteiger partial charge in [0.1, 0.15) is 11.4 Å². The Morgan fingerprint density at radius 2 is 2.16 bits per heavy atom. The highest BCUT2D eigenvalue weighted by atomic mass is 79.9. The molecule has 2 aliphatic rings. The largest absolute Gasteiger partial charge is 0.379 e. The summed E-state index contributed by atoms with van der Waals surface area (Å²) in [6.45, 7) is 1.54. The third kappa shape index (κ3) is 3.05. The van der Waals surface area contributed by atoms with Crippen LogP contribution in [-0.4, -0.2) is 50.8 Å². The molecule has 1 atom stereocenters. The number of halogens is 1. The fourth-order valence-corrected chi connectivity index (χ4v) is 5.24. The fourth-order valence-electron chi connectivity index (χ4n) is 3.89. The Bertz CT molecular complexity index is 797. The van der Waals surface area contributed by atoms with Gasteiger partial charge in [-0.05, 0) is 40.9 Å². The molecule has 2 aliphatic heterocycles. The lowest BCUT2D eigenvalue weighted by atomic mass is 9.83. The van der Waals surface area contributed by atoms with Crippen molar-refractivity contribution in [3.05, 3.63) is 39.0 Å². The van der Waals surface area contributed by atoms with Gasteiger partial charge in [0.25, 0.3) is 5.91 Å². The average Bonchev–Trinajstić information content (AvgIpc) is 3.29. The Kier molecular flexibility index (Phi) is 4.26. The molecule has 0 radical (unpaired) electrons. The molecule has 8 heteroatoms. The van der Waals surface area contributed by atoms with Gasteiger partial charge in [0.15, 0.2) is 0 Å². The smallest absolute Gasteiger partial charge is 0.263 e. The van der Waals surface area contributed by atoms with Crippen molar-refractivity contribution in [3.63, 3.8) is 0 Å². The number of carbonyl (C=O) groups is 1. The molecule has 1 amide bonds. The van der Waals surface area contributed by atoms with Gasteiger partial charge in [-0.1, -0.05) is 0 Å². The van der Waals surface area contributed by atoms with Gasteiger partial charge in [-0.15, -0.1) is 11.3 Å². The quantitative estimate of drug-likeness (QED) is 0.802. The second-order valence-electron chi connectivity index (χ2n) is 6.94. The predicted octanol–water partition coefficient (Wildman–Crippen LogP) is 2.53. The van der Waals surface area contributed by atoms with Crippen LogP contribution in [0.3, 0.4) is 0 Å². The number of likely N-dealkylation sites (tertiary alicyclic amines) is 1. The topological polar surface area (TPSA) is 67.6 Å². The van der Waals surface area contributed by atoms with Gasteiger partial charge in [0, 0.05) is 39.0 Å². The molecule has 134 valence electrons. The van der Waals surface area contributed by atoms with Crippen LogP contribution >= 0.6 is 27.3 Å². The number of aryl methyl sites for hydroxylation is 1.